The fourth-order valence-corrected chi connectivity index (χ4v) is 15.2. The minimum atomic E-state index is -1.12. The number of methoxy groups -OCH3 is 5. The summed E-state index contributed by atoms with van der Waals surface area (Å²) in [6.07, 6.45) is 9.36. The molecular weight excluding hydrogens is 1870 g/mol. The highest BCUT2D eigenvalue weighted by Crippen LogP contribution is 2.41. The lowest BCUT2D eigenvalue weighted by Gasteiger charge is -2.22. The van der Waals surface area contributed by atoms with Crippen LogP contribution < -0.4 is 94.9 Å². The number of aliphatic hydroxyl groups is 1. The van der Waals surface area contributed by atoms with Crippen LogP contribution in [0.5, 0.6) is 40.2 Å². The molecule has 3 unspecified atom stereocenters. The Bertz CT molecular complexity index is 7200. The van der Waals surface area contributed by atoms with Gasteiger partial charge in [-0.15, -0.1) is 0 Å². The number of hydrogen-bond donors (Lipinski definition) is 19. The number of aromatic nitrogens is 20. The van der Waals surface area contributed by atoms with Gasteiger partial charge in [0.05, 0.1) is 84.2 Å². The first-order chi connectivity index (χ1) is 66.7. The number of phenols is 1. The Hall–Kier alpha value is -16.6. The third kappa shape index (κ3) is 27.4. The number of carbonyl (C=O) groups is 2. The number of nitrogen functional groups attached to an aromatic ring is 6. The molecule has 48 nitrogen and oxygen atoms in total. The molecule has 0 spiro atoms. The normalized spacial score (nSPS) is 12.3. The number of nitro groups is 1. The number of rotatable bonds is 29. The number of hydrogen-bond acceptors (Lipinski definition) is 40. The van der Waals surface area contributed by atoms with Crippen LogP contribution in [0.25, 0.3) is 55.3 Å². The van der Waals surface area contributed by atoms with Gasteiger partial charge in [0.15, 0.2) is 54.2 Å². The summed E-state index contributed by atoms with van der Waals surface area (Å²) in [5.41, 5.74) is 46.0. The van der Waals surface area contributed by atoms with Crippen molar-refractivity contribution in [2.24, 2.45) is 7.05 Å². The van der Waals surface area contributed by atoms with Crippen molar-refractivity contribution in [2.45, 2.75) is 87.5 Å². The second-order valence-electron chi connectivity index (χ2n) is 29.9. The fourth-order valence-electron chi connectivity index (χ4n) is 13.7. The first-order valence-corrected chi connectivity index (χ1v) is 43.4. The monoisotopic (exact) mass is 1970 g/mol. The number of aliphatic carboxylic acids is 2. The summed E-state index contributed by atoms with van der Waals surface area (Å²) in [6.45, 7) is 6.86. The second-order valence-corrected chi connectivity index (χ2v) is 31.7. The van der Waals surface area contributed by atoms with Crippen LogP contribution in [0.15, 0.2) is 161 Å². The molecule has 0 saturated carbocycles. The van der Waals surface area contributed by atoms with E-state index in [1.54, 1.807) is 89.9 Å². The number of halogens is 1. The Balaban J connectivity index is 0.000000160. The van der Waals surface area contributed by atoms with Crippen LogP contribution in [0.4, 0.5) is 57.0 Å². The number of benzene rings is 6. The van der Waals surface area contributed by atoms with E-state index in [9.17, 15) is 49.0 Å². The molecule has 17 rings (SSSR count). The number of carboxylic acids is 2. The number of aryl methyl sites for hydroxylation is 3. The van der Waals surface area contributed by atoms with Crippen molar-refractivity contribution >= 4 is 156 Å². The lowest BCUT2D eigenvalue weighted by Crippen LogP contribution is -2.39. The SMILES string of the molecule is COc1cc(NCc2ccc3nc(N)nc(N)c3c2C)cc(OC)c1OC.COc1ccc(CCNCC(O)c2ccc(O)cc2)cc1OC.Cc1c(CN(C)c2ccc(OCNC(CCC(=O)O)C(=O)O)cc2)ccc2nc(N)nc(N)c12.Cn1cnc([N+](=O)[O-])c1Sc1nc(N)nc2nc[nH]c12.Nc1nc(=S)c2[nH]cnc2[nH]1.O=c1[nH]c(=O)n(C2CCCO2)cc1F.S=c1nc[nH]c2nc[nH]c12. The lowest BCUT2D eigenvalue weighted by molar-refractivity contribution is -0.392. The molecule has 52 heteroatoms. The van der Waals surface area contributed by atoms with E-state index in [-0.39, 0.29) is 54.9 Å². The van der Waals surface area contributed by atoms with Gasteiger partial charge in [-0.1, -0.05) is 54.8 Å². The first-order valence-electron chi connectivity index (χ1n) is 41.8. The summed E-state index contributed by atoms with van der Waals surface area (Å²) < 4.78 is 53.8. The molecule has 1 saturated heterocycles. The van der Waals surface area contributed by atoms with E-state index in [0.717, 1.165) is 114 Å². The largest absolute Gasteiger partial charge is 0.508 e. The molecule has 3 atom stereocenters. The van der Waals surface area contributed by atoms with Crippen LogP contribution >= 0.6 is 36.2 Å². The van der Waals surface area contributed by atoms with E-state index < -0.39 is 52.3 Å². The Kier molecular flexibility index (Phi) is 36.0. The van der Waals surface area contributed by atoms with Gasteiger partial charge in [0.1, 0.15) is 63.7 Å². The van der Waals surface area contributed by atoms with Crippen molar-refractivity contribution in [1.29, 1.82) is 0 Å². The van der Waals surface area contributed by atoms with Crippen LogP contribution in [0.3, 0.4) is 0 Å². The maximum absolute atomic E-state index is 12.9. The van der Waals surface area contributed by atoms with E-state index in [1.807, 2.05) is 92.6 Å². The Labute approximate surface area is 802 Å². The van der Waals surface area contributed by atoms with Gasteiger partial charge in [0.2, 0.25) is 41.7 Å². The van der Waals surface area contributed by atoms with Gasteiger partial charge < -0.3 is 143 Å². The molecule has 1 aliphatic rings. The minimum absolute atomic E-state index is 0.0306. The van der Waals surface area contributed by atoms with E-state index in [1.165, 1.54) is 25.3 Å². The van der Waals surface area contributed by atoms with Gasteiger partial charge in [0, 0.05) is 81.0 Å². The number of carboxylic acid groups (broad SMARTS) is 2. The number of H-pyrrole nitrogens is 6. The summed E-state index contributed by atoms with van der Waals surface area (Å²) in [4.78, 5) is 120. The molecule has 0 radical (unpaired) electrons. The number of fused-ring (bicyclic) bond motifs is 5. The predicted molar refractivity (Wildman–Crippen MR) is 522 cm³/mol. The van der Waals surface area contributed by atoms with Crippen molar-refractivity contribution in [3.05, 3.63) is 220 Å². The zero-order valence-corrected chi connectivity index (χ0v) is 78.6. The molecule has 1 aliphatic heterocycles. The summed E-state index contributed by atoms with van der Waals surface area (Å²) in [7, 11) is 11.6. The van der Waals surface area contributed by atoms with Crippen LogP contribution in [0.2, 0.25) is 0 Å². The number of aliphatic hydroxyl groups excluding tert-OH is 1. The number of anilines is 8. The summed E-state index contributed by atoms with van der Waals surface area (Å²) in [6, 6.07) is 30.2. The molecule has 0 bridgehead atoms. The fraction of sp³-hybridized carbons (Fsp3) is 0.264. The predicted octanol–water partition coefficient (Wildman–Crippen LogP) is 9.32. The van der Waals surface area contributed by atoms with Gasteiger partial charge in [0.25, 0.3) is 5.56 Å². The third-order valence-electron chi connectivity index (χ3n) is 20.8. The molecule has 0 aliphatic carbocycles. The molecule has 11 heterocycles. The van der Waals surface area contributed by atoms with E-state index >= 15 is 0 Å². The first kappa shape index (κ1) is 103. The van der Waals surface area contributed by atoms with Crippen LogP contribution in [0.1, 0.15) is 71.4 Å². The van der Waals surface area contributed by atoms with Gasteiger partial charge in [-0.3, -0.25) is 29.3 Å². The van der Waals surface area contributed by atoms with Crippen LogP contribution in [-0.4, -0.2) is 211 Å². The number of phenolic OH excluding ortho intramolecular Hbond substituents is 1. The maximum Gasteiger partial charge on any atom is 0.396 e. The van der Waals surface area contributed by atoms with Gasteiger partial charge in [-0.25, -0.2) is 44.7 Å². The highest BCUT2D eigenvalue weighted by molar-refractivity contribution is 7.99. The summed E-state index contributed by atoms with van der Waals surface area (Å²) in [5.74, 6) is 1.91. The molecule has 25 N–H and O–H groups in total. The number of aromatic hydroxyl groups is 1. The van der Waals surface area contributed by atoms with Crippen molar-refractivity contribution in [1.82, 2.24) is 109 Å². The highest BCUT2D eigenvalue weighted by atomic mass is 32.2. The molecule has 730 valence electrons. The molecule has 1 fully saturated rings. The smallest absolute Gasteiger partial charge is 0.396 e. The van der Waals surface area contributed by atoms with Crippen molar-refractivity contribution in [3.63, 3.8) is 0 Å². The van der Waals surface area contributed by atoms with Crippen LogP contribution in [-0.2, 0) is 40.9 Å². The Morgan fingerprint density at radius 2 is 1.32 bits per heavy atom. The summed E-state index contributed by atoms with van der Waals surface area (Å²) >= 11 is 10.9. The maximum atomic E-state index is 12.9. The van der Waals surface area contributed by atoms with Gasteiger partial charge in [-0.05, 0) is 162 Å². The van der Waals surface area contributed by atoms with E-state index in [2.05, 4.69) is 106 Å². The average Bonchev–Trinajstić information content (AvgIpc) is 1.69. The zero-order valence-electron chi connectivity index (χ0n) is 76.1. The second kappa shape index (κ2) is 48.6. The lowest BCUT2D eigenvalue weighted by atomic mass is 10.0. The number of aromatic amines is 6. The Morgan fingerprint density at radius 3 is 1.93 bits per heavy atom. The third-order valence-corrected chi connectivity index (χ3v) is 22.5. The van der Waals surface area contributed by atoms with Crippen molar-refractivity contribution < 1.29 is 72.5 Å². The van der Waals surface area contributed by atoms with E-state index in [4.69, 9.17) is 97.1 Å². The molecule has 16 aromatic rings. The standard InChI is InChI=1S/C23H28N6O5.C19H23N5O3.C18H23NO4.C9H8N8O2S.C8H9FN2O3.C5H5N5S.C5H4N4S/c1-13-14(3-8-17-20(13)21(24)28-23(25)27-17)11-29(2)15-4-6-16(7-5-15)34-12-26-18(22(32)33)9-10-19(30)31;1-10-11(5-6-13-16(10)18(20)24-19(21)23-13)9-22-12-7-14(25-2)17(27-4)15(8-12)26-3;1-22-17-8-3-13(11-18(17)23-2)9-10-19-12-16(21)14-4-6-15(20)7-5-14;1-16-3-13-6(17(18)19)8(16)20-7-4-5(12-2-11-4)14-9(10)15-7;9-5-4-11(6-2-1-3-14-6)8(13)10-7(5)12;6-5-9-3-2(4(11)10-5)7-1-8-3;10-5-3-4(7-1-6-3)8-2-9-5/h3-8,18,26H,9-12H2,1-2H3,(H,30,31)(H,32,33)(H4,24,25,27,28);5-8,22H,9H2,1-4H3,(H4,20,21,23,24);3-8,11,16,19-21H,9-10,12H2,1-2H3;2-3H,1H3,(H3,10,11,12,14,15);4,6H,1-3H2,(H,10,12,13);1H,(H4,6,7,8,9,10,11);1-2H,(H2,6,7,8,9,10). The van der Waals surface area contributed by atoms with Gasteiger partial charge >= 0.3 is 23.4 Å². The number of nitrogens with zero attached hydrogens (tertiary/aromatic N) is 16. The molecule has 10 aromatic heterocycles. The number of nitrogens with one attached hydrogen (secondary N) is 9. The molecule has 139 heavy (non-hydrogen) atoms. The topological polar surface area (TPSA) is 712 Å². The van der Waals surface area contributed by atoms with Crippen molar-refractivity contribution in [3.8, 4) is 40.2 Å². The average molecular weight is 1970 g/mol. The molecule has 0 amide bonds. The summed E-state index contributed by atoms with van der Waals surface area (Å²) in [5, 5.41) is 59.9. The zero-order chi connectivity index (χ0) is 100. The quantitative estimate of drug-likeness (QED) is 0.00518. The van der Waals surface area contributed by atoms with Gasteiger partial charge in [-0.2, -0.15) is 19.3 Å². The number of ether oxygens (including phenoxy) is 7. The number of nitrogens with two attached hydrogens (primary N) is 6. The van der Waals surface area contributed by atoms with Crippen molar-refractivity contribution in [2.75, 3.05) is 114 Å². The van der Waals surface area contributed by atoms with E-state index in [0.29, 0.717) is 126 Å². The van der Waals surface area contributed by atoms with Crippen LogP contribution in [0, 0.1) is 39.1 Å². The molecular formula is C87H100FN31O17S3. The molecule has 6 aromatic carbocycles. The minimum Gasteiger partial charge on any atom is -0.508 e. The Morgan fingerprint density at radius 1 is 0.705 bits per heavy atom. The highest BCUT2D eigenvalue weighted by Gasteiger charge is 2.26. The number of imidazole rings is 4.